The van der Waals surface area contributed by atoms with Crippen molar-refractivity contribution in [3.8, 4) is 0 Å². The summed E-state index contributed by atoms with van der Waals surface area (Å²) >= 11 is 0. The third-order valence-corrected chi connectivity index (χ3v) is 3.41. The maximum Gasteiger partial charge on any atom is 0.0524 e. The molecule has 0 aliphatic carbocycles. The highest BCUT2D eigenvalue weighted by molar-refractivity contribution is 5.85. The lowest BCUT2D eigenvalue weighted by molar-refractivity contribution is 0.179. The molecule has 1 fully saturated rings. The first kappa shape index (κ1) is 15.5. The number of nitrogens with zero attached hydrogens (tertiary/aromatic N) is 3. The van der Waals surface area contributed by atoms with Crippen LogP contribution in [0.2, 0.25) is 0 Å². The Morgan fingerprint density at radius 1 is 1.39 bits per heavy atom. The Labute approximate surface area is 116 Å². The van der Waals surface area contributed by atoms with Crippen LogP contribution in [0.15, 0.2) is 12.4 Å². The molecule has 0 aromatic carbocycles. The minimum atomic E-state index is -0.0822. The zero-order valence-corrected chi connectivity index (χ0v) is 12.4. The fraction of sp³-hybridized carbons (Fsp3) is 0.769. The molecule has 0 saturated carbocycles. The van der Waals surface area contributed by atoms with Crippen molar-refractivity contribution in [2.45, 2.75) is 38.1 Å². The Balaban J connectivity index is 0.00000162. The van der Waals surface area contributed by atoms with E-state index in [4.69, 9.17) is 5.73 Å². The van der Waals surface area contributed by atoms with Crippen molar-refractivity contribution in [3.05, 3.63) is 18.0 Å². The predicted octanol–water partition coefficient (Wildman–Crippen LogP) is 1.76. The van der Waals surface area contributed by atoms with Crippen LogP contribution in [0, 0.1) is 0 Å². The van der Waals surface area contributed by atoms with Gasteiger partial charge in [-0.15, -0.1) is 12.4 Å². The summed E-state index contributed by atoms with van der Waals surface area (Å²) in [5, 5.41) is 4.25. The summed E-state index contributed by atoms with van der Waals surface area (Å²) in [6, 6.07) is 0. The Bertz CT molecular complexity index is 361. The Morgan fingerprint density at radius 2 is 2.00 bits per heavy atom. The SMILES string of the molecule is Cl.Cn1cc(C2CCN(CC(C)(C)N)CC2)cn1. The summed E-state index contributed by atoms with van der Waals surface area (Å²) in [5.41, 5.74) is 7.37. The molecule has 0 unspecified atom stereocenters. The molecule has 18 heavy (non-hydrogen) atoms. The van der Waals surface area contributed by atoms with Crippen molar-refractivity contribution >= 4 is 12.4 Å². The van der Waals surface area contributed by atoms with Crippen molar-refractivity contribution in [1.82, 2.24) is 14.7 Å². The van der Waals surface area contributed by atoms with Gasteiger partial charge in [0.05, 0.1) is 6.20 Å². The largest absolute Gasteiger partial charge is 0.324 e. The highest BCUT2D eigenvalue weighted by Crippen LogP contribution is 2.27. The van der Waals surface area contributed by atoms with Crippen LogP contribution in [0.25, 0.3) is 0 Å². The van der Waals surface area contributed by atoms with Crippen LogP contribution in [-0.2, 0) is 7.05 Å². The average Bonchev–Trinajstić information content (AvgIpc) is 2.63. The molecule has 0 spiro atoms. The van der Waals surface area contributed by atoms with Gasteiger partial charge < -0.3 is 10.6 Å². The summed E-state index contributed by atoms with van der Waals surface area (Å²) in [5.74, 6) is 0.681. The number of nitrogens with two attached hydrogens (primary N) is 1. The van der Waals surface area contributed by atoms with Gasteiger partial charge in [0.25, 0.3) is 0 Å². The first-order valence-electron chi connectivity index (χ1n) is 6.44. The van der Waals surface area contributed by atoms with E-state index in [1.54, 1.807) is 0 Å². The molecule has 2 rings (SSSR count). The molecule has 1 aromatic rings. The van der Waals surface area contributed by atoms with E-state index in [1.165, 1.54) is 18.4 Å². The van der Waals surface area contributed by atoms with Crippen LogP contribution < -0.4 is 5.73 Å². The quantitative estimate of drug-likeness (QED) is 0.912. The molecule has 5 heteroatoms. The van der Waals surface area contributed by atoms with E-state index in [0.717, 1.165) is 19.6 Å². The van der Waals surface area contributed by atoms with Crippen LogP contribution in [0.4, 0.5) is 0 Å². The average molecular weight is 273 g/mol. The van der Waals surface area contributed by atoms with Crippen molar-refractivity contribution < 1.29 is 0 Å². The van der Waals surface area contributed by atoms with Crippen molar-refractivity contribution in [2.75, 3.05) is 19.6 Å². The molecule has 0 bridgehead atoms. The molecular formula is C13H25ClN4. The summed E-state index contributed by atoms with van der Waals surface area (Å²) in [7, 11) is 1.98. The summed E-state index contributed by atoms with van der Waals surface area (Å²) in [6.07, 6.45) is 6.60. The normalized spacial score (nSPS) is 18.7. The lowest BCUT2D eigenvalue weighted by atomic mass is 9.91. The smallest absolute Gasteiger partial charge is 0.0524 e. The van der Waals surface area contributed by atoms with Crippen LogP contribution in [0.1, 0.15) is 38.2 Å². The first-order chi connectivity index (χ1) is 7.94. The third kappa shape index (κ3) is 4.26. The Hall–Kier alpha value is -0.580. The molecule has 0 amide bonds. The first-order valence-corrected chi connectivity index (χ1v) is 6.44. The van der Waals surface area contributed by atoms with E-state index >= 15 is 0 Å². The monoisotopic (exact) mass is 272 g/mol. The highest BCUT2D eigenvalue weighted by Gasteiger charge is 2.24. The minimum absolute atomic E-state index is 0. The van der Waals surface area contributed by atoms with Crippen LogP contribution in [-0.4, -0.2) is 39.9 Å². The van der Waals surface area contributed by atoms with Gasteiger partial charge in [-0.3, -0.25) is 4.68 Å². The Kier molecular flexibility index (Phi) is 5.20. The van der Waals surface area contributed by atoms with Gasteiger partial charge in [-0.1, -0.05) is 0 Å². The number of piperidine rings is 1. The number of likely N-dealkylation sites (tertiary alicyclic amines) is 1. The summed E-state index contributed by atoms with van der Waals surface area (Å²) in [6.45, 7) is 7.49. The van der Waals surface area contributed by atoms with Crippen molar-refractivity contribution in [2.24, 2.45) is 12.8 Å². The number of rotatable bonds is 3. The van der Waals surface area contributed by atoms with E-state index in [2.05, 4.69) is 30.0 Å². The van der Waals surface area contributed by atoms with Crippen LogP contribution >= 0.6 is 12.4 Å². The van der Waals surface area contributed by atoms with E-state index in [-0.39, 0.29) is 17.9 Å². The molecule has 1 aromatic heterocycles. The maximum absolute atomic E-state index is 6.06. The molecule has 1 saturated heterocycles. The zero-order chi connectivity index (χ0) is 12.5. The molecule has 1 aliphatic rings. The van der Waals surface area contributed by atoms with Gasteiger partial charge in [-0.25, -0.2) is 0 Å². The van der Waals surface area contributed by atoms with E-state index < -0.39 is 0 Å². The molecule has 2 heterocycles. The fourth-order valence-corrected chi connectivity index (χ4v) is 2.65. The molecule has 4 nitrogen and oxygen atoms in total. The van der Waals surface area contributed by atoms with Gasteiger partial charge in [0.1, 0.15) is 0 Å². The lowest BCUT2D eigenvalue weighted by Crippen LogP contribution is -2.47. The fourth-order valence-electron chi connectivity index (χ4n) is 2.65. The molecule has 0 atom stereocenters. The second-order valence-electron chi connectivity index (χ2n) is 5.99. The standard InChI is InChI=1S/C13H24N4.ClH/c1-13(2,14)10-17-6-4-11(5-7-17)12-8-15-16(3)9-12;/h8-9,11H,4-7,10,14H2,1-3H3;1H. The second-order valence-corrected chi connectivity index (χ2v) is 5.99. The molecule has 1 aliphatic heterocycles. The van der Waals surface area contributed by atoms with Gasteiger partial charge in [-0.2, -0.15) is 5.10 Å². The van der Waals surface area contributed by atoms with Crippen LogP contribution in [0.3, 0.4) is 0 Å². The van der Waals surface area contributed by atoms with Gasteiger partial charge in [0, 0.05) is 25.3 Å². The van der Waals surface area contributed by atoms with Gasteiger partial charge in [-0.05, 0) is 51.3 Å². The zero-order valence-electron chi connectivity index (χ0n) is 11.6. The van der Waals surface area contributed by atoms with Gasteiger partial charge >= 0.3 is 0 Å². The summed E-state index contributed by atoms with van der Waals surface area (Å²) < 4.78 is 1.89. The van der Waals surface area contributed by atoms with Crippen molar-refractivity contribution in [3.63, 3.8) is 0 Å². The van der Waals surface area contributed by atoms with Gasteiger partial charge in [0.15, 0.2) is 0 Å². The van der Waals surface area contributed by atoms with E-state index in [1.807, 2.05) is 17.9 Å². The van der Waals surface area contributed by atoms with Crippen molar-refractivity contribution in [1.29, 1.82) is 0 Å². The number of aromatic nitrogens is 2. The number of aryl methyl sites for hydroxylation is 1. The Morgan fingerprint density at radius 3 is 2.44 bits per heavy atom. The maximum atomic E-state index is 6.06. The molecule has 0 radical (unpaired) electrons. The second kappa shape index (κ2) is 6.04. The third-order valence-electron chi connectivity index (χ3n) is 3.41. The number of halogens is 1. The van der Waals surface area contributed by atoms with E-state index in [9.17, 15) is 0 Å². The molecular weight excluding hydrogens is 248 g/mol. The number of hydrogen-bond donors (Lipinski definition) is 1. The molecule has 2 N–H and O–H groups in total. The topological polar surface area (TPSA) is 47.1 Å². The van der Waals surface area contributed by atoms with E-state index in [0.29, 0.717) is 5.92 Å². The predicted molar refractivity (Wildman–Crippen MR) is 77.1 cm³/mol. The lowest BCUT2D eigenvalue weighted by Gasteiger charge is -2.35. The minimum Gasteiger partial charge on any atom is -0.324 e. The highest BCUT2D eigenvalue weighted by atomic mass is 35.5. The van der Waals surface area contributed by atoms with Crippen LogP contribution in [0.5, 0.6) is 0 Å². The molecule has 104 valence electrons. The van der Waals surface area contributed by atoms with Gasteiger partial charge in [0.2, 0.25) is 0 Å². The number of hydrogen-bond acceptors (Lipinski definition) is 3. The summed E-state index contributed by atoms with van der Waals surface area (Å²) in [4.78, 5) is 2.48.